The van der Waals surface area contributed by atoms with E-state index in [1.165, 1.54) is 0 Å². The molecular formula is C15H15N3O2. The third kappa shape index (κ3) is 3.35. The molecule has 2 amide bonds. The van der Waals surface area contributed by atoms with Gasteiger partial charge in [-0.2, -0.15) is 0 Å². The van der Waals surface area contributed by atoms with Gasteiger partial charge in [0, 0.05) is 5.69 Å². The van der Waals surface area contributed by atoms with E-state index in [-0.39, 0.29) is 0 Å². The maximum atomic E-state index is 11.8. The van der Waals surface area contributed by atoms with Gasteiger partial charge in [0.25, 0.3) is 0 Å². The first-order chi connectivity index (χ1) is 9.56. The summed E-state index contributed by atoms with van der Waals surface area (Å²) in [4.78, 5) is 23.5. The highest BCUT2D eigenvalue weighted by atomic mass is 16.2. The largest absolute Gasteiger partial charge is 0.397 e. The lowest BCUT2D eigenvalue weighted by Crippen LogP contribution is -2.29. The Labute approximate surface area is 116 Å². The lowest BCUT2D eigenvalue weighted by atomic mass is 10.2. The zero-order valence-electron chi connectivity index (χ0n) is 11.0. The number of hydrogen-bond acceptors (Lipinski definition) is 3. The van der Waals surface area contributed by atoms with Crippen LogP contribution < -0.4 is 16.4 Å². The summed E-state index contributed by atoms with van der Waals surface area (Å²) in [5.41, 5.74) is 8.16. The summed E-state index contributed by atoms with van der Waals surface area (Å²) in [6.45, 7) is 1.89. The van der Waals surface area contributed by atoms with Gasteiger partial charge in [-0.1, -0.05) is 24.3 Å². The third-order valence-corrected chi connectivity index (χ3v) is 2.69. The Bertz CT molecular complexity index is 639. The number of para-hydroxylation sites is 1. The summed E-state index contributed by atoms with van der Waals surface area (Å²) in [6.07, 6.45) is 0. The molecule has 0 spiro atoms. The van der Waals surface area contributed by atoms with E-state index in [1.54, 1.807) is 42.5 Å². The van der Waals surface area contributed by atoms with Crippen LogP contribution in [0.4, 0.5) is 17.1 Å². The van der Waals surface area contributed by atoms with Gasteiger partial charge in [-0.25, -0.2) is 0 Å². The first-order valence-corrected chi connectivity index (χ1v) is 6.10. The highest BCUT2D eigenvalue weighted by Crippen LogP contribution is 2.19. The highest BCUT2D eigenvalue weighted by molar-refractivity contribution is 6.43. The molecule has 5 nitrogen and oxygen atoms in total. The van der Waals surface area contributed by atoms with Crippen molar-refractivity contribution in [1.29, 1.82) is 0 Å². The molecule has 2 aromatic carbocycles. The second kappa shape index (κ2) is 5.88. The van der Waals surface area contributed by atoms with Crippen molar-refractivity contribution >= 4 is 28.9 Å². The summed E-state index contributed by atoms with van der Waals surface area (Å²) in [5.74, 6) is -1.50. The van der Waals surface area contributed by atoms with E-state index in [0.717, 1.165) is 5.56 Å². The van der Waals surface area contributed by atoms with E-state index < -0.39 is 11.8 Å². The topological polar surface area (TPSA) is 84.2 Å². The minimum absolute atomic E-state index is 0.420. The average Bonchev–Trinajstić information content (AvgIpc) is 2.43. The van der Waals surface area contributed by atoms with Gasteiger partial charge in [0.05, 0.1) is 11.4 Å². The van der Waals surface area contributed by atoms with Gasteiger partial charge < -0.3 is 16.4 Å². The molecule has 2 rings (SSSR count). The predicted octanol–water partition coefficient (Wildman–Crippen LogP) is 2.15. The minimum Gasteiger partial charge on any atom is -0.397 e. The molecule has 102 valence electrons. The Hall–Kier alpha value is -2.82. The van der Waals surface area contributed by atoms with Crippen LogP contribution in [0.1, 0.15) is 5.56 Å². The predicted molar refractivity (Wildman–Crippen MR) is 79.3 cm³/mol. The van der Waals surface area contributed by atoms with Crippen LogP contribution in [-0.4, -0.2) is 11.8 Å². The van der Waals surface area contributed by atoms with Gasteiger partial charge in [0.15, 0.2) is 0 Å². The molecule has 0 bridgehead atoms. The molecule has 0 saturated heterocycles. The van der Waals surface area contributed by atoms with Crippen molar-refractivity contribution in [2.45, 2.75) is 6.92 Å². The standard InChI is InChI=1S/C15H15N3O2/c1-10-7-8-13(12(16)9-10)18-15(20)14(19)17-11-5-3-2-4-6-11/h2-9H,16H2,1H3,(H,17,19)(H,18,20). The fourth-order valence-corrected chi connectivity index (χ4v) is 1.68. The SMILES string of the molecule is Cc1ccc(NC(=O)C(=O)Nc2ccccc2)c(N)c1. The van der Waals surface area contributed by atoms with Crippen molar-refractivity contribution < 1.29 is 9.59 Å². The fraction of sp³-hybridized carbons (Fsp3) is 0.0667. The van der Waals surface area contributed by atoms with Crippen molar-refractivity contribution in [1.82, 2.24) is 0 Å². The number of anilines is 3. The summed E-state index contributed by atoms with van der Waals surface area (Å²) in [7, 11) is 0. The molecule has 4 N–H and O–H groups in total. The fourth-order valence-electron chi connectivity index (χ4n) is 1.68. The Morgan fingerprint density at radius 1 is 0.950 bits per heavy atom. The molecule has 0 fully saturated rings. The maximum Gasteiger partial charge on any atom is 0.314 e. The summed E-state index contributed by atoms with van der Waals surface area (Å²) in [6, 6.07) is 14.0. The van der Waals surface area contributed by atoms with Gasteiger partial charge in [-0.15, -0.1) is 0 Å². The molecule has 0 saturated carbocycles. The molecule has 5 heteroatoms. The molecular weight excluding hydrogens is 254 g/mol. The van der Waals surface area contributed by atoms with Crippen molar-refractivity contribution in [3.63, 3.8) is 0 Å². The van der Waals surface area contributed by atoms with Crippen LogP contribution in [0, 0.1) is 6.92 Å². The molecule has 0 aromatic heterocycles. The van der Waals surface area contributed by atoms with Gasteiger partial charge in [-0.05, 0) is 36.8 Å². The second-order valence-corrected chi connectivity index (χ2v) is 4.36. The number of nitrogens with two attached hydrogens (primary N) is 1. The minimum atomic E-state index is -0.760. The van der Waals surface area contributed by atoms with Gasteiger partial charge >= 0.3 is 11.8 Å². The Kier molecular flexibility index (Phi) is 4.00. The molecule has 0 aliphatic heterocycles. The van der Waals surface area contributed by atoms with Crippen LogP contribution in [0.2, 0.25) is 0 Å². The van der Waals surface area contributed by atoms with Crippen LogP contribution in [0.3, 0.4) is 0 Å². The van der Waals surface area contributed by atoms with Crippen molar-refractivity contribution in [2.24, 2.45) is 0 Å². The summed E-state index contributed by atoms with van der Waals surface area (Å²) >= 11 is 0. The number of benzene rings is 2. The Balaban J connectivity index is 2.03. The van der Waals surface area contributed by atoms with E-state index in [9.17, 15) is 9.59 Å². The quantitative estimate of drug-likeness (QED) is 0.577. The van der Waals surface area contributed by atoms with Crippen molar-refractivity contribution in [3.8, 4) is 0 Å². The number of carbonyl (C=O) groups is 2. The smallest absolute Gasteiger partial charge is 0.314 e. The van der Waals surface area contributed by atoms with Gasteiger partial charge in [0.2, 0.25) is 0 Å². The van der Waals surface area contributed by atoms with E-state index in [2.05, 4.69) is 10.6 Å². The van der Waals surface area contributed by atoms with E-state index in [0.29, 0.717) is 17.1 Å². The number of amides is 2. The molecule has 0 aliphatic rings. The molecule has 2 aromatic rings. The van der Waals surface area contributed by atoms with Crippen LogP contribution in [0.15, 0.2) is 48.5 Å². The normalized spacial score (nSPS) is 9.85. The zero-order chi connectivity index (χ0) is 14.5. The average molecular weight is 269 g/mol. The number of nitrogen functional groups attached to an aromatic ring is 1. The van der Waals surface area contributed by atoms with Crippen LogP contribution in [-0.2, 0) is 9.59 Å². The van der Waals surface area contributed by atoms with Crippen LogP contribution >= 0.6 is 0 Å². The molecule has 0 atom stereocenters. The molecule has 0 heterocycles. The second-order valence-electron chi connectivity index (χ2n) is 4.36. The highest BCUT2D eigenvalue weighted by Gasteiger charge is 2.14. The number of aryl methyl sites for hydroxylation is 1. The number of carbonyl (C=O) groups excluding carboxylic acids is 2. The monoisotopic (exact) mass is 269 g/mol. The van der Waals surface area contributed by atoms with Gasteiger partial charge in [0.1, 0.15) is 0 Å². The number of hydrogen-bond donors (Lipinski definition) is 3. The molecule has 0 unspecified atom stereocenters. The number of nitrogens with one attached hydrogen (secondary N) is 2. The maximum absolute atomic E-state index is 11.8. The zero-order valence-corrected chi connectivity index (χ0v) is 11.0. The van der Waals surface area contributed by atoms with Crippen LogP contribution in [0.25, 0.3) is 0 Å². The first-order valence-electron chi connectivity index (χ1n) is 6.10. The van der Waals surface area contributed by atoms with E-state index in [1.807, 2.05) is 13.0 Å². The lowest BCUT2D eigenvalue weighted by molar-refractivity contribution is -0.132. The number of rotatable bonds is 2. The van der Waals surface area contributed by atoms with Crippen molar-refractivity contribution in [2.75, 3.05) is 16.4 Å². The van der Waals surface area contributed by atoms with E-state index >= 15 is 0 Å². The third-order valence-electron chi connectivity index (χ3n) is 2.69. The lowest BCUT2D eigenvalue weighted by Gasteiger charge is -2.09. The molecule has 0 aliphatic carbocycles. The van der Waals surface area contributed by atoms with Crippen LogP contribution in [0.5, 0.6) is 0 Å². The van der Waals surface area contributed by atoms with Crippen molar-refractivity contribution in [3.05, 3.63) is 54.1 Å². The molecule has 0 radical (unpaired) electrons. The van der Waals surface area contributed by atoms with Gasteiger partial charge in [-0.3, -0.25) is 9.59 Å². The molecule has 20 heavy (non-hydrogen) atoms. The summed E-state index contributed by atoms with van der Waals surface area (Å²) < 4.78 is 0. The Morgan fingerprint density at radius 3 is 2.25 bits per heavy atom. The summed E-state index contributed by atoms with van der Waals surface area (Å²) in [5, 5.41) is 4.98. The first kappa shape index (κ1) is 13.6. The Morgan fingerprint density at radius 2 is 1.60 bits per heavy atom. The van der Waals surface area contributed by atoms with E-state index in [4.69, 9.17) is 5.73 Å².